The molecule has 0 saturated carbocycles. The first-order valence-corrected chi connectivity index (χ1v) is 8.36. The van der Waals surface area contributed by atoms with E-state index in [9.17, 15) is 9.59 Å². The molecular formula is C19H13Cl2N3O2. The summed E-state index contributed by atoms with van der Waals surface area (Å²) in [7, 11) is 0. The molecule has 7 heteroatoms. The lowest BCUT2D eigenvalue weighted by Gasteiger charge is -2.08. The highest BCUT2D eigenvalue weighted by Gasteiger charge is 2.12. The van der Waals surface area contributed by atoms with Crippen molar-refractivity contribution in [2.24, 2.45) is 0 Å². The van der Waals surface area contributed by atoms with Gasteiger partial charge < -0.3 is 10.6 Å². The van der Waals surface area contributed by atoms with Gasteiger partial charge in [0, 0.05) is 33.8 Å². The van der Waals surface area contributed by atoms with Gasteiger partial charge in [0.15, 0.2) is 0 Å². The summed E-state index contributed by atoms with van der Waals surface area (Å²) >= 11 is 11.7. The third-order valence-corrected chi connectivity index (χ3v) is 3.93. The van der Waals surface area contributed by atoms with Crippen LogP contribution < -0.4 is 10.6 Å². The second kappa shape index (κ2) is 7.99. The molecule has 0 aliphatic carbocycles. The van der Waals surface area contributed by atoms with Crippen LogP contribution in [-0.4, -0.2) is 16.8 Å². The second-order valence-electron chi connectivity index (χ2n) is 5.39. The molecule has 0 atom stereocenters. The first kappa shape index (κ1) is 17.9. The highest BCUT2D eigenvalue weighted by atomic mass is 35.5. The largest absolute Gasteiger partial charge is 0.322 e. The Labute approximate surface area is 160 Å². The van der Waals surface area contributed by atoms with Crippen LogP contribution in [0.25, 0.3) is 0 Å². The van der Waals surface area contributed by atoms with Gasteiger partial charge >= 0.3 is 0 Å². The highest BCUT2D eigenvalue weighted by molar-refractivity contribution is 6.31. The molecule has 26 heavy (non-hydrogen) atoms. The van der Waals surface area contributed by atoms with E-state index in [0.717, 1.165) is 0 Å². The van der Waals surface area contributed by atoms with Crippen LogP contribution in [0, 0.1) is 0 Å². The van der Waals surface area contributed by atoms with Crippen molar-refractivity contribution >= 4 is 46.4 Å². The molecule has 0 radical (unpaired) electrons. The number of aromatic nitrogens is 1. The maximum absolute atomic E-state index is 12.4. The van der Waals surface area contributed by atoms with Crippen LogP contribution in [0.3, 0.4) is 0 Å². The summed E-state index contributed by atoms with van der Waals surface area (Å²) in [5.41, 5.74) is 1.67. The van der Waals surface area contributed by atoms with Crippen LogP contribution in [-0.2, 0) is 0 Å². The molecule has 0 aliphatic rings. The van der Waals surface area contributed by atoms with E-state index in [1.807, 2.05) is 0 Å². The Morgan fingerprint density at radius 2 is 1.35 bits per heavy atom. The predicted octanol–water partition coefficient (Wildman–Crippen LogP) is 4.89. The number of anilines is 2. The number of hydrogen-bond donors (Lipinski definition) is 2. The summed E-state index contributed by atoms with van der Waals surface area (Å²) < 4.78 is 0. The Bertz CT molecular complexity index is 959. The molecule has 3 rings (SSSR count). The number of rotatable bonds is 4. The minimum Gasteiger partial charge on any atom is -0.322 e. The van der Waals surface area contributed by atoms with Gasteiger partial charge in [-0.05, 0) is 48.5 Å². The van der Waals surface area contributed by atoms with Gasteiger partial charge in [-0.15, -0.1) is 0 Å². The summed E-state index contributed by atoms with van der Waals surface area (Å²) in [6, 6.07) is 15.0. The van der Waals surface area contributed by atoms with Crippen LogP contribution in [0.1, 0.15) is 20.7 Å². The van der Waals surface area contributed by atoms with E-state index in [2.05, 4.69) is 15.6 Å². The molecule has 2 aromatic carbocycles. The Balaban J connectivity index is 1.73. The van der Waals surface area contributed by atoms with Crippen molar-refractivity contribution in [3.63, 3.8) is 0 Å². The van der Waals surface area contributed by atoms with Crippen LogP contribution >= 0.6 is 23.2 Å². The van der Waals surface area contributed by atoms with Gasteiger partial charge in [0.2, 0.25) is 0 Å². The summed E-state index contributed by atoms with van der Waals surface area (Å²) in [6.07, 6.45) is 2.78. The number of amides is 2. The van der Waals surface area contributed by atoms with E-state index in [4.69, 9.17) is 23.2 Å². The van der Waals surface area contributed by atoms with Crippen LogP contribution in [0.2, 0.25) is 10.0 Å². The van der Waals surface area contributed by atoms with Gasteiger partial charge in [-0.25, -0.2) is 0 Å². The number of nitrogens with zero attached hydrogens (tertiary/aromatic N) is 1. The average Bonchev–Trinajstić information content (AvgIpc) is 2.64. The Morgan fingerprint density at radius 1 is 0.731 bits per heavy atom. The minimum atomic E-state index is -0.388. The van der Waals surface area contributed by atoms with Gasteiger partial charge in [-0.3, -0.25) is 14.6 Å². The fraction of sp³-hybridized carbons (Fsp3) is 0. The van der Waals surface area contributed by atoms with Crippen LogP contribution in [0.5, 0.6) is 0 Å². The minimum absolute atomic E-state index is 0.258. The van der Waals surface area contributed by atoms with Crippen molar-refractivity contribution in [2.45, 2.75) is 0 Å². The summed E-state index contributed by atoms with van der Waals surface area (Å²) in [6.45, 7) is 0. The number of carbonyl (C=O) groups excluding carboxylic acids is 2. The third-order valence-electron chi connectivity index (χ3n) is 3.45. The lowest BCUT2D eigenvalue weighted by molar-refractivity contribution is 0.102. The summed E-state index contributed by atoms with van der Waals surface area (Å²) in [5, 5.41) is 6.52. The molecule has 3 aromatic rings. The zero-order valence-corrected chi connectivity index (χ0v) is 14.9. The quantitative estimate of drug-likeness (QED) is 0.671. The number of nitrogens with one attached hydrogen (secondary N) is 2. The molecule has 2 N–H and O–H groups in total. The van der Waals surface area contributed by atoms with Crippen LogP contribution in [0.4, 0.5) is 11.4 Å². The number of benzene rings is 2. The molecule has 130 valence electrons. The zero-order chi connectivity index (χ0) is 18.5. The first-order chi connectivity index (χ1) is 12.5. The Hall–Kier alpha value is -2.89. The van der Waals surface area contributed by atoms with Gasteiger partial charge in [0.1, 0.15) is 0 Å². The van der Waals surface area contributed by atoms with Gasteiger partial charge in [0.25, 0.3) is 11.8 Å². The van der Waals surface area contributed by atoms with Crippen molar-refractivity contribution in [1.29, 1.82) is 0 Å². The smallest absolute Gasteiger partial charge is 0.257 e. The Kier molecular flexibility index (Phi) is 5.51. The average molecular weight is 386 g/mol. The molecule has 0 saturated heterocycles. The van der Waals surface area contributed by atoms with E-state index >= 15 is 0 Å². The standard InChI is InChI=1S/C19H13Cl2N3O2/c20-14-4-6-16(7-5-14)23-18(25)12-8-13(11-22-10-12)19(26)24-17-3-1-2-15(21)9-17/h1-11H,(H,23,25)(H,24,26). The summed E-state index contributed by atoms with van der Waals surface area (Å²) in [4.78, 5) is 28.7. The van der Waals surface area contributed by atoms with Crippen LogP contribution in [0.15, 0.2) is 67.0 Å². The predicted molar refractivity (Wildman–Crippen MR) is 103 cm³/mol. The monoisotopic (exact) mass is 385 g/mol. The zero-order valence-electron chi connectivity index (χ0n) is 13.4. The molecule has 1 aromatic heterocycles. The molecule has 0 spiro atoms. The molecule has 2 amide bonds. The van der Waals surface area contributed by atoms with Crippen molar-refractivity contribution in [3.8, 4) is 0 Å². The normalized spacial score (nSPS) is 10.2. The SMILES string of the molecule is O=C(Nc1ccc(Cl)cc1)c1cncc(C(=O)Nc2cccc(Cl)c2)c1. The highest BCUT2D eigenvalue weighted by Crippen LogP contribution is 2.17. The van der Waals surface area contributed by atoms with E-state index in [1.54, 1.807) is 48.5 Å². The van der Waals surface area contributed by atoms with E-state index < -0.39 is 0 Å². The van der Waals surface area contributed by atoms with E-state index in [1.165, 1.54) is 18.5 Å². The molecule has 1 heterocycles. The molecule has 5 nitrogen and oxygen atoms in total. The fourth-order valence-electron chi connectivity index (χ4n) is 2.19. The number of pyridine rings is 1. The molecule has 0 aliphatic heterocycles. The van der Waals surface area contributed by atoms with Gasteiger partial charge in [-0.2, -0.15) is 0 Å². The number of halogens is 2. The third kappa shape index (κ3) is 4.59. The van der Waals surface area contributed by atoms with E-state index in [-0.39, 0.29) is 22.9 Å². The second-order valence-corrected chi connectivity index (χ2v) is 6.26. The molecule has 0 fully saturated rings. The fourth-order valence-corrected chi connectivity index (χ4v) is 2.51. The molecule has 0 bridgehead atoms. The maximum atomic E-state index is 12.4. The van der Waals surface area contributed by atoms with Gasteiger partial charge in [-0.1, -0.05) is 29.3 Å². The lowest BCUT2D eigenvalue weighted by atomic mass is 10.1. The topological polar surface area (TPSA) is 71.1 Å². The van der Waals surface area contributed by atoms with E-state index in [0.29, 0.717) is 21.4 Å². The molecule has 0 unspecified atom stereocenters. The van der Waals surface area contributed by atoms with Crippen molar-refractivity contribution < 1.29 is 9.59 Å². The summed E-state index contributed by atoms with van der Waals surface area (Å²) in [5.74, 6) is -0.766. The maximum Gasteiger partial charge on any atom is 0.257 e. The number of hydrogen-bond acceptors (Lipinski definition) is 3. The van der Waals surface area contributed by atoms with Gasteiger partial charge in [0.05, 0.1) is 11.1 Å². The Morgan fingerprint density at radius 3 is 1.96 bits per heavy atom. The first-order valence-electron chi connectivity index (χ1n) is 7.60. The molecular weight excluding hydrogens is 373 g/mol. The van der Waals surface area contributed by atoms with Crippen molar-refractivity contribution in [3.05, 3.63) is 88.2 Å². The lowest BCUT2D eigenvalue weighted by Crippen LogP contribution is -2.16. The van der Waals surface area contributed by atoms with Crippen molar-refractivity contribution in [2.75, 3.05) is 10.6 Å². The van der Waals surface area contributed by atoms with Crippen molar-refractivity contribution in [1.82, 2.24) is 4.98 Å². The number of carbonyl (C=O) groups is 2.